The predicted molar refractivity (Wildman–Crippen MR) is 96.9 cm³/mol. The average molecular weight is 361 g/mol. The summed E-state index contributed by atoms with van der Waals surface area (Å²) in [5.41, 5.74) is 0. The normalized spacial score (nSPS) is 25.8. The lowest BCUT2D eigenvalue weighted by Gasteiger charge is -2.37. The van der Waals surface area contributed by atoms with Gasteiger partial charge in [0.05, 0.1) is 12.3 Å². The summed E-state index contributed by atoms with van der Waals surface area (Å²) in [6.45, 7) is 10.2. The van der Waals surface area contributed by atoms with Gasteiger partial charge in [-0.25, -0.2) is 4.68 Å². The molecule has 0 unspecified atom stereocenters. The smallest absolute Gasteiger partial charge is 0.210 e. The van der Waals surface area contributed by atoms with Crippen LogP contribution in [-0.4, -0.2) is 52.4 Å². The number of tetrazole rings is 1. The van der Waals surface area contributed by atoms with E-state index in [-0.39, 0.29) is 0 Å². The Morgan fingerprint density at radius 2 is 1.96 bits per heavy atom. The summed E-state index contributed by atoms with van der Waals surface area (Å²) in [6.07, 6.45) is 7.43. The van der Waals surface area contributed by atoms with Crippen LogP contribution in [0.25, 0.3) is 0 Å². The molecule has 1 atom stereocenters. The molecule has 26 heavy (non-hydrogen) atoms. The van der Waals surface area contributed by atoms with Gasteiger partial charge in [-0.3, -0.25) is 0 Å². The van der Waals surface area contributed by atoms with Crippen molar-refractivity contribution in [3.63, 3.8) is 0 Å². The Kier molecular flexibility index (Phi) is 5.36. The largest absolute Gasteiger partial charge is 0.467 e. The van der Waals surface area contributed by atoms with Crippen molar-refractivity contribution in [3.05, 3.63) is 30.0 Å². The van der Waals surface area contributed by atoms with Gasteiger partial charge in [0.25, 0.3) is 0 Å². The van der Waals surface area contributed by atoms with E-state index in [2.05, 4.69) is 29.4 Å². The summed E-state index contributed by atoms with van der Waals surface area (Å²) in [4.78, 5) is 3.47. The highest BCUT2D eigenvalue weighted by Crippen LogP contribution is 2.18. The molecule has 0 bridgehead atoms. The number of hydrogen-bond acceptors (Lipinski definition) is 4. The molecule has 2 N–H and O–H groups in total. The molecule has 0 aromatic carbocycles. The van der Waals surface area contributed by atoms with Crippen molar-refractivity contribution in [2.75, 3.05) is 26.2 Å². The zero-order chi connectivity index (χ0) is 17.9. The molecular formula is C19H32N6O+2. The SMILES string of the molecule is CC(C)[C@H](c1nnnn1Cc1ccco1)[NH+]1CC[NH+](C2CCCC2)CC1. The van der Waals surface area contributed by atoms with Crippen molar-refractivity contribution in [1.82, 2.24) is 20.2 Å². The fraction of sp³-hybridized carbons (Fsp3) is 0.737. The van der Waals surface area contributed by atoms with Gasteiger partial charge in [0.15, 0.2) is 6.04 Å². The number of nitrogens with zero attached hydrogens (tertiary/aromatic N) is 4. The first kappa shape index (κ1) is 17.7. The molecule has 0 radical (unpaired) electrons. The highest BCUT2D eigenvalue weighted by atomic mass is 16.3. The Balaban J connectivity index is 1.46. The second-order valence-corrected chi connectivity index (χ2v) is 8.29. The van der Waals surface area contributed by atoms with Crippen LogP contribution in [0.1, 0.15) is 57.2 Å². The van der Waals surface area contributed by atoms with Crippen LogP contribution in [0.2, 0.25) is 0 Å². The molecule has 1 saturated heterocycles. The van der Waals surface area contributed by atoms with Crippen molar-refractivity contribution < 1.29 is 14.2 Å². The molecule has 1 aliphatic heterocycles. The van der Waals surface area contributed by atoms with Crippen molar-refractivity contribution in [2.45, 2.75) is 58.2 Å². The van der Waals surface area contributed by atoms with Gasteiger partial charge in [0.1, 0.15) is 38.5 Å². The Labute approximate surface area is 155 Å². The molecule has 142 valence electrons. The van der Waals surface area contributed by atoms with Gasteiger partial charge in [-0.05, 0) is 48.2 Å². The Morgan fingerprint density at radius 1 is 1.19 bits per heavy atom. The van der Waals surface area contributed by atoms with Crippen LogP contribution in [0, 0.1) is 5.92 Å². The zero-order valence-electron chi connectivity index (χ0n) is 16.0. The first-order valence-electron chi connectivity index (χ1n) is 10.2. The third kappa shape index (κ3) is 3.69. The van der Waals surface area contributed by atoms with E-state index in [4.69, 9.17) is 4.42 Å². The Hall–Kier alpha value is -1.73. The molecule has 0 spiro atoms. The molecule has 3 heterocycles. The van der Waals surface area contributed by atoms with Gasteiger partial charge in [-0.1, -0.05) is 13.8 Å². The van der Waals surface area contributed by atoms with Crippen LogP contribution >= 0.6 is 0 Å². The molecular weight excluding hydrogens is 328 g/mol. The first-order chi connectivity index (χ1) is 12.7. The molecule has 2 fully saturated rings. The second kappa shape index (κ2) is 7.88. The number of piperazine rings is 1. The standard InChI is InChI=1S/C19H30N6O/c1-15(2)18(19-20-21-22-25(19)14-17-8-5-13-26-17)24-11-9-23(10-12-24)16-6-3-4-7-16/h5,8,13,15-16,18H,3-4,6-7,9-12,14H2,1-2H3/p+2/t18-/m1/s1. The van der Waals surface area contributed by atoms with Gasteiger partial charge < -0.3 is 14.2 Å². The quantitative estimate of drug-likeness (QED) is 0.745. The van der Waals surface area contributed by atoms with E-state index >= 15 is 0 Å². The van der Waals surface area contributed by atoms with E-state index in [1.807, 2.05) is 21.7 Å². The molecule has 7 heteroatoms. The van der Waals surface area contributed by atoms with Crippen molar-refractivity contribution in [2.24, 2.45) is 5.92 Å². The summed E-state index contributed by atoms with van der Waals surface area (Å²) >= 11 is 0. The van der Waals surface area contributed by atoms with Crippen LogP contribution in [0.4, 0.5) is 0 Å². The monoisotopic (exact) mass is 360 g/mol. The van der Waals surface area contributed by atoms with Gasteiger partial charge in [-0.15, -0.1) is 5.10 Å². The molecule has 2 aromatic heterocycles. The molecule has 2 aliphatic rings. The van der Waals surface area contributed by atoms with Gasteiger partial charge in [0.2, 0.25) is 5.82 Å². The maximum absolute atomic E-state index is 5.49. The lowest BCUT2D eigenvalue weighted by molar-refractivity contribution is -1.04. The molecule has 7 nitrogen and oxygen atoms in total. The van der Waals surface area contributed by atoms with E-state index in [1.165, 1.54) is 51.9 Å². The maximum atomic E-state index is 5.49. The van der Waals surface area contributed by atoms with Gasteiger partial charge >= 0.3 is 0 Å². The average Bonchev–Trinajstić information content (AvgIpc) is 3.39. The van der Waals surface area contributed by atoms with Crippen LogP contribution < -0.4 is 9.80 Å². The summed E-state index contributed by atoms with van der Waals surface area (Å²) in [5, 5.41) is 12.6. The molecule has 2 aromatic rings. The van der Waals surface area contributed by atoms with Crippen LogP contribution in [0.3, 0.4) is 0 Å². The van der Waals surface area contributed by atoms with Crippen molar-refractivity contribution >= 4 is 0 Å². The Morgan fingerprint density at radius 3 is 2.62 bits per heavy atom. The van der Waals surface area contributed by atoms with Crippen molar-refractivity contribution in [3.8, 4) is 0 Å². The lowest BCUT2D eigenvalue weighted by Crippen LogP contribution is -3.29. The maximum Gasteiger partial charge on any atom is 0.210 e. The summed E-state index contributed by atoms with van der Waals surface area (Å²) in [6, 6.07) is 5.14. The third-order valence-corrected chi connectivity index (χ3v) is 6.30. The minimum absolute atomic E-state index is 0.338. The minimum atomic E-state index is 0.338. The third-order valence-electron chi connectivity index (χ3n) is 6.30. The fourth-order valence-electron chi connectivity index (χ4n) is 4.99. The van der Waals surface area contributed by atoms with Crippen LogP contribution in [0.15, 0.2) is 22.8 Å². The highest BCUT2D eigenvalue weighted by molar-refractivity contribution is 5.00. The Bertz CT molecular complexity index is 668. The predicted octanol–water partition coefficient (Wildman–Crippen LogP) is -0.262. The topological polar surface area (TPSA) is 65.6 Å². The van der Waals surface area contributed by atoms with E-state index in [9.17, 15) is 0 Å². The van der Waals surface area contributed by atoms with Gasteiger partial charge in [0, 0.05) is 5.92 Å². The fourth-order valence-corrected chi connectivity index (χ4v) is 4.99. The van der Waals surface area contributed by atoms with E-state index < -0.39 is 0 Å². The molecule has 0 amide bonds. The summed E-state index contributed by atoms with van der Waals surface area (Å²) in [5.74, 6) is 2.39. The molecule has 1 saturated carbocycles. The van der Waals surface area contributed by atoms with Crippen LogP contribution in [0.5, 0.6) is 0 Å². The number of quaternary nitrogens is 2. The number of nitrogens with one attached hydrogen (secondary N) is 2. The van der Waals surface area contributed by atoms with Gasteiger partial charge in [-0.2, -0.15) is 0 Å². The number of furan rings is 1. The van der Waals surface area contributed by atoms with Crippen LogP contribution in [-0.2, 0) is 6.54 Å². The summed E-state index contributed by atoms with van der Waals surface area (Å²) in [7, 11) is 0. The second-order valence-electron chi connectivity index (χ2n) is 8.29. The van der Waals surface area contributed by atoms with E-state index in [0.717, 1.165) is 17.6 Å². The number of rotatable bonds is 6. The molecule has 4 rings (SSSR count). The number of aromatic nitrogens is 4. The first-order valence-corrected chi connectivity index (χ1v) is 10.2. The zero-order valence-corrected chi connectivity index (χ0v) is 16.0. The summed E-state index contributed by atoms with van der Waals surface area (Å²) < 4.78 is 7.42. The van der Waals surface area contributed by atoms with E-state index in [0.29, 0.717) is 18.5 Å². The highest BCUT2D eigenvalue weighted by Gasteiger charge is 2.38. The lowest BCUT2D eigenvalue weighted by atomic mass is 10.00. The van der Waals surface area contributed by atoms with E-state index in [1.54, 1.807) is 11.2 Å². The minimum Gasteiger partial charge on any atom is -0.467 e. The van der Waals surface area contributed by atoms with Crippen molar-refractivity contribution in [1.29, 1.82) is 0 Å². The number of hydrogen-bond donors (Lipinski definition) is 2. The molecule has 1 aliphatic carbocycles.